The number of nitrogens with zero attached hydrogens (tertiary/aromatic N) is 2. The smallest absolute Gasteiger partial charge is 0.329 e. The summed E-state index contributed by atoms with van der Waals surface area (Å²) >= 11 is 0. The van der Waals surface area contributed by atoms with Crippen LogP contribution in [0.1, 0.15) is 57.9 Å². The van der Waals surface area contributed by atoms with Crippen LogP contribution in [0.2, 0.25) is 0 Å². The van der Waals surface area contributed by atoms with Crippen LogP contribution >= 0.6 is 0 Å². The second-order valence-corrected chi connectivity index (χ2v) is 5.58. The zero-order chi connectivity index (χ0) is 13.6. The van der Waals surface area contributed by atoms with E-state index in [2.05, 4.69) is 4.98 Å². The molecule has 0 spiro atoms. The third-order valence-corrected chi connectivity index (χ3v) is 2.61. The minimum Gasteiger partial charge on any atom is -0.329 e. The van der Waals surface area contributed by atoms with E-state index in [0.717, 1.165) is 0 Å². The first-order valence-corrected chi connectivity index (χ1v) is 5.62. The van der Waals surface area contributed by atoms with E-state index in [4.69, 9.17) is 0 Å². The first-order valence-electron chi connectivity index (χ1n) is 5.62. The molecule has 0 aliphatic carbocycles. The molecule has 98 valence electrons. The summed E-state index contributed by atoms with van der Waals surface area (Å²) in [6.45, 7) is 10.8. The van der Waals surface area contributed by atoms with Gasteiger partial charge < -0.3 is 4.57 Å². The molecule has 17 heavy (non-hydrogen) atoms. The molecule has 1 rings (SSSR count). The molecule has 0 fully saturated rings. The Morgan fingerprint density at radius 2 is 1.59 bits per heavy atom. The molecule has 0 atom stereocenters. The fourth-order valence-electron chi connectivity index (χ4n) is 1.94. The molecular formula is C12H19F3N2. The predicted molar refractivity (Wildman–Crippen MR) is 61.1 cm³/mol. The van der Waals surface area contributed by atoms with Crippen LogP contribution in [0.25, 0.3) is 0 Å². The van der Waals surface area contributed by atoms with Gasteiger partial charge in [-0.3, -0.25) is 0 Å². The molecule has 2 nitrogen and oxygen atoms in total. The number of alkyl halides is 3. The van der Waals surface area contributed by atoms with Gasteiger partial charge in [0.1, 0.15) is 5.82 Å². The molecule has 0 bridgehead atoms. The first-order chi connectivity index (χ1) is 7.46. The molecule has 0 saturated heterocycles. The Labute approximate surface area is 99.9 Å². The SMILES string of the molecule is Cc1c(C(F)(F)F)nc(C(C)(C)C)n1C(C)C. The summed E-state index contributed by atoms with van der Waals surface area (Å²) in [5.74, 6) is 0.484. The van der Waals surface area contributed by atoms with Gasteiger partial charge >= 0.3 is 6.18 Å². The zero-order valence-corrected chi connectivity index (χ0v) is 11.1. The van der Waals surface area contributed by atoms with Gasteiger partial charge in [0.05, 0.1) is 0 Å². The van der Waals surface area contributed by atoms with Crippen LogP contribution in [-0.2, 0) is 11.6 Å². The van der Waals surface area contributed by atoms with E-state index in [1.807, 2.05) is 34.6 Å². The fraction of sp³-hybridized carbons (Fsp3) is 0.750. The van der Waals surface area contributed by atoms with Gasteiger partial charge in [-0.25, -0.2) is 4.98 Å². The van der Waals surface area contributed by atoms with Crippen molar-refractivity contribution in [3.63, 3.8) is 0 Å². The van der Waals surface area contributed by atoms with Crippen molar-refractivity contribution in [3.05, 3.63) is 17.2 Å². The highest BCUT2D eigenvalue weighted by Gasteiger charge is 2.39. The molecule has 1 aromatic heterocycles. The van der Waals surface area contributed by atoms with Crippen molar-refractivity contribution >= 4 is 0 Å². The molecule has 1 aromatic rings. The van der Waals surface area contributed by atoms with Gasteiger partial charge in [-0.1, -0.05) is 20.8 Å². The van der Waals surface area contributed by atoms with Crippen molar-refractivity contribution < 1.29 is 13.2 Å². The van der Waals surface area contributed by atoms with Crippen molar-refractivity contribution in [3.8, 4) is 0 Å². The Morgan fingerprint density at radius 1 is 1.12 bits per heavy atom. The van der Waals surface area contributed by atoms with E-state index >= 15 is 0 Å². The summed E-state index contributed by atoms with van der Waals surface area (Å²) < 4.78 is 40.1. The second kappa shape index (κ2) is 4.03. The number of rotatable bonds is 1. The molecule has 5 heteroatoms. The quantitative estimate of drug-likeness (QED) is 0.732. The van der Waals surface area contributed by atoms with Crippen molar-refractivity contribution in [2.75, 3.05) is 0 Å². The lowest BCUT2D eigenvalue weighted by Gasteiger charge is -2.23. The van der Waals surface area contributed by atoms with Gasteiger partial charge in [0.15, 0.2) is 5.69 Å². The Morgan fingerprint density at radius 3 is 1.82 bits per heavy atom. The zero-order valence-electron chi connectivity index (χ0n) is 11.1. The van der Waals surface area contributed by atoms with Gasteiger partial charge in [0.25, 0.3) is 0 Å². The molecule has 0 saturated carbocycles. The third kappa shape index (κ3) is 2.64. The van der Waals surface area contributed by atoms with Crippen molar-refractivity contribution in [1.82, 2.24) is 9.55 Å². The Balaban J connectivity index is 3.52. The van der Waals surface area contributed by atoms with Gasteiger partial charge in [-0.2, -0.15) is 13.2 Å². The highest BCUT2D eigenvalue weighted by Crippen LogP contribution is 2.35. The maximum absolute atomic E-state index is 12.8. The molecule has 0 aromatic carbocycles. The minimum atomic E-state index is -4.38. The van der Waals surface area contributed by atoms with E-state index < -0.39 is 17.3 Å². The minimum absolute atomic E-state index is 0.0344. The largest absolute Gasteiger partial charge is 0.435 e. The number of hydrogen-bond acceptors (Lipinski definition) is 1. The van der Waals surface area contributed by atoms with E-state index in [0.29, 0.717) is 5.82 Å². The summed E-state index contributed by atoms with van der Waals surface area (Å²) in [4.78, 5) is 3.81. The summed E-state index contributed by atoms with van der Waals surface area (Å²) in [7, 11) is 0. The van der Waals surface area contributed by atoms with E-state index in [1.165, 1.54) is 6.92 Å². The number of imidazole rings is 1. The maximum atomic E-state index is 12.8. The van der Waals surface area contributed by atoms with Gasteiger partial charge in [0, 0.05) is 17.2 Å². The number of halogens is 3. The van der Waals surface area contributed by atoms with Gasteiger partial charge in [-0.15, -0.1) is 0 Å². The molecule has 1 heterocycles. The lowest BCUT2D eigenvalue weighted by molar-refractivity contribution is -0.141. The fourth-order valence-corrected chi connectivity index (χ4v) is 1.94. The monoisotopic (exact) mass is 248 g/mol. The standard InChI is InChI=1S/C12H19F3N2/c1-7(2)17-8(3)9(12(13,14)15)16-10(17)11(4,5)6/h7H,1-6H3. The molecule has 0 radical (unpaired) electrons. The Hall–Kier alpha value is -1.00. The average Bonchev–Trinajstić information content (AvgIpc) is 2.40. The van der Waals surface area contributed by atoms with Crippen LogP contribution in [0.3, 0.4) is 0 Å². The summed E-state index contributed by atoms with van der Waals surface area (Å²) in [6, 6.07) is -0.0344. The molecular weight excluding hydrogens is 229 g/mol. The topological polar surface area (TPSA) is 17.8 Å². The number of aromatic nitrogens is 2. The molecule has 0 amide bonds. The lowest BCUT2D eigenvalue weighted by Crippen LogP contribution is -2.20. The average molecular weight is 248 g/mol. The molecule has 0 aliphatic rings. The number of hydrogen-bond donors (Lipinski definition) is 0. The highest BCUT2D eigenvalue weighted by atomic mass is 19.4. The van der Waals surface area contributed by atoms with E-state index in [-0.39, 0.29) is 11.7 Å². The summed E-state index contributed by atoms with van der Waals surface area (Å²) in [5, 5.41) is 0. The summed E-state index contributed by atoms with van der Waals surface area (Å²) in [5.41, 5.74) is -0.980. The van der Waals surface area contributed by atoms with Crippen LogP contribution in [0, 0.1) is 6.92 Å². The van der Waals surface area contributed by atoms with Crippen molar-refractivity contribution in [2.24, 2.45) is 0 Å². The first kappa shape index (κ1) is 14.1. The lowest BCUT2D eigenvalue weighted by atomic mass is 9.95. The van der Waals surface area contributed by atoms with Crippen LogP contribution in [-0.4, -0.2) is 9.55 Å². The van der Waals surface area contributed by atoms with Gasteiger partial charge in [0.2, 0.25) is 0 Å². The molecule has 0 N–H and O–H groups in total. The molecule has 0 unspecified atom stereocenters. The van der Waals surface area contributed by atoms with Crippen molar-refractivity contribution in [2.45, 2.75) is 59.2 Å². The van der Waals surface area contributed by atoms with E-state index in [1.54, 1.807) is 4.57 Å². The van der Waals surface area contributed by atoms with E-state index in [9.17, 15) is 13.2 Å². The maximum Gasteiger partial charge on any atom is 0.435 e. The van der Waals surface area contributed by atoms with Crippen LogP contribution in [0.5, 0.6) is 0 Å². The normalized spacial score (nSPS) is 13.5. The predicted octanol–water partition coefficient (Wildman–Crippen LogP) is 4.09. The van der Waals surface area contributed by atoms with Crippen LogP contribution in [0.4, 0.5) is 13.2 Å². The Bertz CT molecular complexity index is 409. The molecule has 0 aliphatic heterocycles. The van der Waals surface area contributed by atoms with Crippen LogP contribution < -0.4 is 0 Å². The van der Waals surface area contributed by atoms with Gasteiger partial charge in [-0.05, 0) is 20.8 Å². The van der Waals surface area contributed by atoms with Crippen LogP contribution in [0.15, 0.2) is 0 Å². The Kier molecular flexibility index (Phi) is 3.34. The second-order valence-electron chi connectivity index (χ2n) is 5.58. The third-order valence-electron chi connectivity index (χ3n) is 2.61. The summed E-state index contributed by atoms with van der Waals surface area (Å²) in [6.07, 6.45) is -4.38. The highest BCUT2D eigenvalue weighted by molar-refractivity contribution is 5.23. The van der Waals surface area contributed by atoms with Crippen molar-refractivity contribution in [1.29, 1.82) is 0 Å².